The van der Waals surface area contributed by atoms with Gasteiger partial charge in [0.1, 0.15) is 17.9 Å². The number of nitrogens with zero attached hydrogens (tertiary/aromatic N) is 2. The molecule has 0 bridgehead atoms. The summed E-state index contributed by atoms with van der Waals surface area (Å²) < 4.78 is 25.9. The van der Waals surface area contributed by atoms with Gasteiger partial charge >= 0.3 is 17.7 Å². The monoisotopic (exact) mass is 479 g/mol. The molecule has 2 aromatic heterocycles. The Bertz CT molecular complexity index is 1410. The number of hydrogen-bond acceptors (Lipinski definition) is 10. The maximum absolute atomic E-state index is 12.5. The van der Waals surface area contributed by atoms with E-state index in [0.29, 0.717) is 39.7 Å². The zero-order valence-electron chi connectivity index (χ0n) is 18.9. The van der Waals surface area contributed by atoms with Crippen molar-refractivity contribution in [2.45, 2.75) is 27.1 Å². The summed E-state index contributed by atoms with van der Waals surface area (Å²) in [6.07, 6.45) is -0.624. The number of carbonyl (C=O) groups excluding carboxylic acids is 2. The van der Waals surface area contributed by atoms with E-state index in [-0.39, 0.29) is 25.4 Å². The van der Waals surface area contributed by atoms with Crippen molar-refractivity contribution in [3.63, 3.8) is 0 Å². The summed E-state index contributed by atoms with van der Waals surface area (Å²) in [5.41, 5.74) is 0.778. The van der Waals surface area contributed by atoms with E-state index in [4.69, 9.17) is 23.2 Å². The number of carbonyl (C=O) groups is 2. The van der Waals surface area contributed by atoms with Gasteiger partial charge in [-0.05, 0) is 43.3 Å². The fraction of sp³-hybridized carbons (Fsp3) is 0.208. The number of hydrogen-bond donors (Lipinski definition) is 1. The summed E-state index contributed by atoms with van der Waals surface area (Å²) in [6.45, 7) is 3.57. The lowest BCUT2D eigenvalue weighted by Crippen LogP contribution is -2.13. The minimum atomic E-state index is -0.624. The predicted molar refractivity (Wildman–Crippen MR) is 122 cm³/mol. The Morgan fingerprint density at radius 3 is 2.54 bits per heavy atom. The topological polar surface area (TPSA) is 143 Å². The molecule has 0 spiro atoms. The van der Waals surface area contributed by atoms with E-state index in [1.807, 2.05) is 0 Å². The Labute approximate surface area is 198 Å². The minimum absolute atomic E-state index is 0.127. The largest absolute Gasteiger partial charge is 0.485 e. The Balaban J connectivity index is 1.40. The van der Waals surface area contributed by atoms with E-state index in [0.717, 1.165) is 0 Å². The molecule has 1 amide bonds. The molecule has 0 aliphatic carbocycles. The summed E-state index contributed by atoms with van der Waals surface area (Å²) in [4.78, 5) is 40.2. The van der Waals surface area contributed by atoms with E-state index >= 15 is 0 Å². The van der Waals surface area contributed by atoms with Gasteiger partial charge in [0.15, 0.2) is 6.61 Å². The number of aryl methyl sites for hydroxylation is 1. The zero-order valence-corrected chi connectivity index (χ0v) is 18.9. The lowest BCUT2D eigenvalue weighted by Gasteiger charge is -2.10. The molecular weight excluding hydrogens is 458 g/mol. The van der Waals surface area contributed by atoms with Crippen LogP contribution in [0.3, 0.4) is 0 Å². The van der Waals surface area contributed by atoms with Gasteiger partial charge < -0.3 is 23.2 Å². The lowest BCUT2D eigenvalue weighted by molar-refractivity contribution is 0.0473. The van der Waals surface area contributed by atoms with Crippen molar-refractivity contribution in [2.75, 3.05) is 11.9 Å². The number of amides is 1. The average molecular weight is 479 g/mol. The third kappa shape index (κ3) is 6.02. The SMILES string of the molecule is CCOC(=O)Nc1ccc2c(COC(=O)c3ccc(OCc4noc(C)n4)cc3)cc(=O)oc2c1. The van der Waals surface area contributed by atoms with Crippen LogP contribution in [0.5, 0.6) is 5.75 Å². The Hall–Kier alpha value is -4.67. The molecule has 0 saturated carbocycles. The molecule has 2 aromatic carbocycles. The number of aromatic nitrogens is 2. The van der Waals surface area contributed by atoms with Crippen LogP contribution in [0.1, 0.15) is 34.6 Å². The molecule has 4 rings (SSSR count). The smallest absolute Gasteiger partial charge is 0.411 e. The molecule has 0 unspecified atom stereocenters. The van der Waals surface area contributed by atoms with Crippen molar-refractivity contribution in [3.05, 3.63) is 81.8 Å². The first-order valence-corrected chi connectivity index (χ1v) is 10.6. The van der Waals surface area contributed by atoms with E-state index in [2.05, 4.69) is 15.5 Å². The Morgan fingerprint density at radius 2 is 1.83 bits per heavy atom. The van der Waals surface area contributed by atoms with Crippen molar-refractivity contribution in [2.24, 2.45) is 0 Å². The number of nitrogens with one attached hydrogen (secondary N) is 1. The van der Waals surface area contributed by atoms with Crippen molar-refractivity contribution in [1.82, 2.24) is 10.1 Å². The molecule has 1 N–H and O–H groups in total. The molecule has 11 nitrogen and oxygen atoms in total. The predicted octanol–water partition coefficient (Wildman–Crippen LogP) is 3.99. The molecule has 0 aliphatic rings. The normalized spacial score (nSPS) is 10.7. The van der Waals surface area contributed by atoms with E-state index < -0.39 is 17.7 Å². The molecule has 4 aromatic rings. The Morgan fingerprint density at radius 1 is 1.03 bits per heavy atom. The molecule has 0 aliphatic heterocycles. The summed E-state index contributed by atoms with van der Waals surface area (Å²) in [5.74, 6) is 0.795. The fourth-order valence-corrected chi connectivity index (χ4v) is 3.17. The lowest BCUT2D eigenvalue weighted by atomic mass is 10.1. The number of benzene rings is 2. The van der Waals surface area contributed by atoms with E-state index in [1.165, 1.54) is 12.1 Å². The molecule has 180 valence electrons. The second kappa shape index (κ2) is 10.5. The number of fused-ring (bicyclic) bond motifs is 1. The second-order valence-corrected chi connectivity index (χ2v) is 7.27. The highest BCUT2D eigenvalue weighted by Gasteiger charge is 2.13. The summed E-state index contributed by atoms with van der Waals surface area (Å²) in [6, 6.07) is 12.4. The first-order valence-electron chi connectivity index (χ1n) is 10.6. The van der Waals surface area contributed by atoms with Crippen LogP contribution >= 0.6 is 0 Å². The summed E-state index contributed by atoms with van der Waals surface area (Å²) >= 11 is 0. The van der Waals surface area contributed by atoms with Crippen molar-refractivity contribution in [1.29, 1.82) is 0 Å². The molecule has 0 saturated heterocycles. The summed E-state index contributed by atoms with van der Waals surface area (Å²) in [7, 11) is 0. The molecule has 35 heavy (non-hydrogen) atoms. The van der Waals surface area contributed by atoms with Crippen LogP contribution in [0, 0.1) is 6.92 Å². The average Bonchev–Trinajstić information content (AvgIpc) is 3.26. The first kappa shape index (κ1) is 23.5. The first-order chi connectivity index (χ1) is 16.9. The number of anilines is 1. The van der Waals surface area contributed by atoms with Crippen LogP contribution in [0.2, 0.25) is 0 Å². The number of ether oxygens (including phenoxy) is 3. The van der Waals surface area contributed by atoms with Gasteiger partial charge in [-0.25, -0.2) is 14.4 Å². The molecule has 2 heterocycles. The highest BCUT2D eigenvalue weighted by Crippen LogP contribution is 2.23. The van der Waals surface area contributed by atoms with Gasteiger partial charge in [-0.3, -0.25) is 5.32 Å². The van der Waals surface area contributed by atoms with Gasteiger partial charge in [-0.1, -0.05) is 5.16 Å². The zero-order chi connectivity index (χ0) is 24.8. The van der Waals surface area contributed by atoms with Crippen molar-refractivity contribution >= 4 is 28.7 Å². The van der Waals surface area contributed by atoms with Crippen LogP contribution in [-0.4, -0.2) is 28.8 Å². The highest BCUT2D eigenvalue weighted by atomic mass is 16.5. The molecule has 11 heteroatoms. The second-order valence-electron chi connectivity index (χ2n) is 7.27. The standard InChI is InChI=1S/C24H21N3O8/c1-3-31-24(30)26-17-6-9-19-16(10-22(28)34-20(19)11-17)12-33-23(29)15-4-7-18(8-5-15)32-13-21-25-14(2)35-27-21/h4-11H,3,12-13H2,1-2H3,(H,26,30). The van der Waals surface area contributed by atoms with Crippen LogP contribution in [0.4, 0.5) is 10.5 Å². The van der Waals surface area contributed by atoms with Crippen LogP contribution in [0.25, 0.3) is 11.0 Å². The summed E-state index contributed by atoms with van der Waals surface area (Å²) in [5, 5.41) is 6.85. The number of rotatable bonds is 8. The van der Waals surface area contributed by atoms with Gasteiger partial charge in [-0.2, -0.15) is 4.98 Å². The maximum Gasteiger partial charge on any atom is 0.411 e. The van der Waals surface area contributed by atoms with Crippen molar-refractivity contribution in [3.8, 4) is 5.75 Å². The Kier molecular flexibility index (Phi) is 7.05. The van der Waals surface area contributed by atoms with Crippen LogP contribution < -0.4 is 15.7 Å². The molecular formula is C24H21N3O8. The van der Waals surface area contributed by atoms with Crippen LogP contribution in [-0.2, 0) is 22.7 Å². The third-order valence-electron chi connectivity index (χ3n) is 4.74. The van der Waals surface area contributed by atoms with Crippen LogP contribution in [0.15, 0.2) is 62.3 Å². The fourth-order valence-electron chi connectivity index (χ4n) is 3.17. The van der Waals surface area contributed by atoms with Gasteiger partial charge in [0.2, 0.25) is 11.7 Å². The van der Waals surface area contributed by atoms with Gasteiger partial charge in [0.05, 0.1) is 12.2 Å². The minimum Gasteiger partial charge on any atom is -0.485 e. The number of esters is 1. The highest BCUT2D eigenvalue weighted by molar-refractivity contribution is 5.91. The van der Waals surface area contributed by atoms with E-state index in [1.54, 1.807) is 50.2 Å². The van der Waals surface area contributed by atoms with Gasteiger partial charge in [0.25, 0.3) is 0 Å². The van der Waals surface area contributed by atoms with Gasteiger partial charge in [-0.15, -0.1) is 0 Å². The molecule has 0 radical (unpaired) electrons. The maximum atomic E-state index is 12.5. The van der Waals surface area contributed by atoms with Crippen molar-refractivity contribution < 1.29 is 32.7 Å². The van der Waals surface area contributed by atoms with Gasteiger partial charge in [0, 0.05) is 35.7 Å². The van der Waals surface area contributed by atoms with E-state index in [9.17, 15) is 14.4 Å². The molecule has 0 atom stereocenters. The third-order valence-corrected chi connectivity index (χ3v) is 4.74. The quantitative estimate of drug-likeness (QED) is 0.291. The molecule has 0 fully saturated rings.